The maximum Gasteiger partial charge on any atom is 0.313 e. The van der Waals surface area contributed by atoms with Gasteiger partial charge in [-0.05, 0) is 26.8 Å². The smallest absolute Gasteiger partial charge is 0.313 e. The number of aromatic nitrogens is 1. The number of hydrogen-bond acceptors (Lipinski definition) is 5. The number of ether oxygens (including phenoxy) is 1. The van der Waals surface area contributed by atoms with Crippen LogP contribution in [-0.2, 0) is 9.53 Å². The first-order chi connectivity index (χ1) is 9.30. The highest BCUT2D eigenvalue weighted by molar-refractivity contribution is 5.77. The number of nitrogens with one attached hydrogen (secondary N) is 1. The second-order valence-corrected chi connectivity index (χ2v) is 5.83. The number of carbonyl (C=O) groups is 1. The molecule has 0 aromatic carbocycles. The Hall–Kier alpha value is -2.29. The molecule has 6 heteroatoms. The molecule has 0 spiro atoms. The fourth-order valence-corrected chi connectivity index (χ4v) is 2.00. The summed E-state index contributed by atoms with van der Waals surface area (Å²) in [4.78, 5) is 27.6. The number of rotatable bonds is 2. The number of nitrogens with zero attached hydrogens (tertiary/aromatic N) is 2. The molecule has 1 aliphatic rings. The van der Waals surface area contributed by atoms with E-state index in [0.29, 0.717) is 24.5 Å². The van der Waals surface area contributed by atoms with Crippen molar-refractivity contribution in [3.63, 3.8) is 0 Å². The molecule has 0 bridgehead atoms. The van der Waals surface area contributed by atoms with Gasteiger partial charge in [-0.15, -0.1) is 0 Å². The van der Waals surface area contributed by atoms with Crippen LogP contribution < -0.4 is 10.5 Å². The van der Waals surface area contributed by atoms with Crippen molar-refractivity contribution in [2.24, 2.45) is 5.92 Å². The summed E-state index contributed by atoms with van der Waals surface area (Å²) >= 11 is 0. The van der Waals surface area contributed by atoms with Crippen molar-refractivity contribution in [3.8, 4) is 6.07 Å². The molecule has 2 rings (SSSR count). The number of nitriles is 1. The summed E-state index contributed by atoms with van der Waals surface area (Å²) in [5, 5.41) is 9.02. The van der Waals surface area contributed by atoms with Crippen LogP contribution in [0.2, 0.25) is 0 Å². The van der Waals surface area contributed by atoms with Gasteiger partial charge in [-0.25, -0.2) is 0 Å². The average Bonchev–Trinajstić information content (AvgIpc) is 2.24. The van der Waals surface area contributed by atoms with Gasteiger partial charge in [-0.2, -0.15) is 5.26 Å². The highest BCUT2D eigenvalue weighted by Crippen LogP contribution is 2.26. The Bertz CT molecular complexity index is 616. The van der Waals surface area contributed by atoms with E-state index in [0.717, 1.165) is 0 Å². The Morgan fingerprint density at radius 1 is 1.45 bits per heavy atom. The second-order valence-electron chi connectivity index (χ2n) is 5.83. The van der Waals surface area contributed by atoms with Gasteiger partial charge < -0.3 is 14.6 Å². The summed E-state index contributed by atoms with van der Waals surface area (Å²) in [6, 6.07) is 4.82. The van der Waals surface area contributed by atoms with Crippen LogP contribution in [0.3, 0.4) is 0 Å². The van der Waals surface area contributed by atoms with E-state index in [1.165, 1.54) is 12.1 Å². The van der Waals surface area contributed by atoms with Gasteiger partial charge in [0.25, 0.3) is 0 Å². The van der Waals surface area contributed by atoms with Gasteiger partial charge in [0, 0.05) is 19.2 Å². The Kier molecular flexibility index (Phi) is 3.53. The molecule has 1 aromatic rings. The van der Waals surface area contributed by atoms with Crippen LogP contribution >= 0.6 is 0 Å². The second kappa shape index (κ2) is 5.00. The molecule has 106 valence electrons. The van der Waals surface area contributed by atoms with Crippen LogP contribution in [0.5, 0.6) is 0 Å². The monoisotopic (exact) mass is 275 g/mol. The largest absolute Gasteiger partial charge is 0.460 e. The van der Waals surface area contributed by atoms with E-state index in [4.69, 9.17) is 10.00 Å². The molecule has 0 amide bonds. The molecule has 20 heavy (non-hydrogen) atoms. The van der Waals surface area contributed by atoms with Crippen molar-refractivity contribution in [1.29, 1.82) is 5.26 Å². The van der Waals surface area contributed by atoms with Crippen LogP contribution in [0, 0.1) is 17.2 Å². The number of aromatic amines is 1. The van der Waals surface area contributed by atoms with E-state index < -0.39 is 5.60 Å². The highest BCUT2D eigenvalue weighted by atomic mass is 16.6. The Balaban J connectivity index is 2.04. The van der Waals surface area contributed by atoms with E-state index >= 15 is 0 Å². The van der Waals surface area contributed by atoms with Crippen molar-refractivity contribution in [2.75, 3.05) is 18.0 Å². The molecular weight excluding hydrogens is 258 g/mol. The average molecular weight is 275 g/mol. The topological polar surface area (TPSA) is 86.2 Å². The molecule has 0 unspecified atom stereocenters. The first kappa shape index (κ1) is 14.1. The fraction of sp³-hybridized carbons (Fsp3) is 0.500. The van der Waals surface area contributed by atoms with Crippen molar-refractivity contribution >= 4 is 11.8 Å². The molecule has 1 aliphatic heterocycles. The van der Waals surface area contributed by atoms with Gasteiger partial charge in [0.1, 0.15) is 17.5 Å². The third-order valence-corrected chi connectivity index (χ3v) is 2.96. The summed E-state index contributed by atoms with van der Waals surface area (Å²) in [7, 11) is 0. The lowest BCUT2D eigenvalue weighted by Crippen LogP contribution is -2.53. The molecule has 1 aromatic heterocycles. The number of anilines is 1. The first-order valence-electron chi connectivity index (χ1n) is 6.41. The molecule has 6 nitrogen and oxygen atoms in total. The Morgan fingerprint density at radius 3 is 2.65 bits per heavy atom. The number of pyridine rings is 1. The van der Waals surface area contributed by atoms with Crippen LogP contribution in [-0.4, -0.2) is 29.6 Å². The Labute approximate surface area is 117 Å². The number of esters is 1. The standard InChI is InChI=1S/C14H17N3O3/c1-14(2,3)20-13(19)10-7-17(8-10)12-9(6-15)4-5-11(18)16-12/h4-5,10H,7-8H2,1-3H3,(H,16,18). The van der Waals surface area contributed by atoms with Crippen molar-refractivity contribution in [3.05, 3.63) is 28.0 Å². The normalized spacial score (nSPS) is 15.4. The minimum Gasteiger partial charge on any atom is -0.460 e. The lowest BCUT2D eigenvalue weighted by Gasteiger charge is -2.40. The van der Waals surface area contributed by atoms with Gasteiger partial charge in [0.2, 0.25) is 5.56 Å². The summed E-state index contributed by atoms with van der Waals surface area (Å²) < 4.78 is 5.30. The predicted octanol–water partition coefficient (Wildman–Crippen LogP) is 1.02. The lowest BCUT2D eigenvalue weighted by atomic mass is 9.99. The molecule has 0 radical (unpaired) electrons. The van der Waals surface area contributed by atoms with Crippen LogP contribution in [0.15, 0.2) is 16.9 Å². The maximum absolute atomic E-state index is 11.9. The van der Waals surface area contributed by atoms with Crippen LogP contribution in [0.1, 0.15) is 26.3 Å². The third-order valence-electron chi connectivity index (χ3n) is 2.96. The fourth-order valence-electron chi connectivity index (χ4n) is 2.00. The third kappa shape index (κ3) is 2.99. The number of carbonyl (C=O) groups excluding carboxylic acids is 1. The first-order valence-corrected chi connectivity index (χ1v) is 6.41. The minimum atomic E-state index is -0.504. The van der Waals surface area contributed by atoms with Gasteiger partial charge in [-0.1, -0.05) is 0 Å². The molecule has 0 aliphatic carbocycles. The molecule has 1 fully saturated rings. The molecule has 2 heterocycles. The summed E-state index contributed by atoms with van der Waals surface area (Å²) in [5.74, 6) is 0.00909. The predicted molar refractivity (Wildman–Crippen MR) is 73.3 cm³/mol. The van der Waals surface area contributed by atoms with Gasteiger partial charge >= 0.3 is 5.97 Å². The van der Waals surface area contributed by atoms with Crippen molar-refractivity contribution in [1.82, 2.24) is 4.98 Å². The van der Waals surface area contributed by atoms with Crippen LogP contribution in [0.25, 0.3) is 0 Å². The van der Waals surface area contributed by atoms with E-state index in [-0.39, 0.29) is 17.4 Å². The summed E-state index contributed by atoms with van der Waals surface area (Å²) in [6.07, 6.45) is 0. The maximum atomic E-state index is 11.9. The van der Waals surface area contributed by atoms with Gasteiger partial charge in [-0.3, -0.25) is 9.59 Å². The van der Waals surface area contributed by atoms with E-state index in [2.05, 4.69) is 4.98 Å². The van der Waals surface area contributed by atoms with Crippen LogP contribution in [0.4, 0.5) is 5.82 Å². The van der Waals surface area contributed by atoms with E-state index in [9.17, 15) is 9.59 Å². The highest BCUT2D eigenvalue weighted by Gasteiger charge is 2.37. The summed E-state index contributed by atoms with van der Waals surface area (Å²) in [6.45, 7) is 6.37. The minimum absolute atomic E-state index is 0.218. The number of hydrogen-bond donors (Lipinski definition) is 1. The lowest BCUT2D eigenvalue weighted by molar-refractivity contribution is -0.160. The zero-order valence-electron chi connectivity index (χ0n) is 11.8. The van der Waals surface area contributed by atoms with Gasteiger partial charge in [0.15, 0.2) is 0 Å². The van der Waals surface area contributed by atoms with Gasteiger partial charge in [0.05, 0.1) is 11.5 Å². The molecule has 0 atom stereocenters. The molecular formula is C14H17N3O3. The van der Waals surface area contributed by atoms with Crippen molar-refractivity contribution in [2.45, 2.75) is 26.4 Å². The summed E-state index contributed by atoms with van der Waals surface area (Å²) in [5.41, 5.74) is -0.372. The van der Waals surface area contributed by atoms with E-state index in [1.54, 1.807) is 4.90 Å². The molecule has 1 saturated heterocycles. The van der Waals surface area contributed by atoms with E-state index in [1.807, 2.05) is 26.8 Å². The van der Waals surface area contributed by atoms with Crippen molar-refractivity contribution < 1.29 is 9.53 Å². The number of H-pyrrole nitrogens is 1. The Morgan fingerprint density at radius 2 is 2.10 bits per heavy atom. The molecule has 1 N–H and O–H groups in total. The SMILES string of the molecule is CC(C)(C)OC(=O)C1CN(c2[nH]c(=O)ccc2C#N)C1. The molecule has 0 saturated carbocycles. The zero-order chi connectivity index (χ0) is 14.9. The zero-order valence-corrected chi connectivity index (χ0v) is 11.8. The quantitative estimate of drug-likeness (QED) is 0.814.